The molecule has 0 aliphatic heterocycles. The van der Waals surface area contributed by atoms with E-state index in [1.165, 1.54) is 6.42 Å². The molecule has 1 atom stereocenters. The SMILES string of the molecule is CC(C)(C1CCC(=O)CC1)C1CCCCC1=O. The summed E-state index contributed by atoms with van der Waals surface area (Å²) >= 11 is 0. The lowest BCUT2D eigenvalue weighted by Gasteiger charge is -2.43. The Morgan fingerprint density at radius 1 is 0.941 bits per heavy atom. The summed E-state index contributed by atoms with van der Waals surface area (Å²) in [4.78, 5) is 23.4. The summed E-state index contributed by atoms with van der Waals surface area (Å²) in [7, 11) is 0. The van der Waals surface area contributed by atoms with E-state index in [-0.39, 0.29) is 11.3 Å². The van der Waals surface area contributed by atoms with Crippen LogP contribution in [0.1, 0.15) is 65.2 Å². The number of carbonyl (C=O) groups excluding carboxylic acids is 2. The molecule has 0 aromatic heterocycles. The molecule has 2 saturated carbocycles. The summed E-state index contributed by atoms with van der Waals surface area (Å²) < 4.78 is 0. The summed E-state index contributed by atoms with van der Waals surface area (Å²) in [6, 6.07) is 0. The van der Waals surface area contributed by atoms with Crippen LogP contribution in [0.15, 0.2) is 0 Å². The van der Waals surface area contributed by atoms with E-state index in [1.807, 2.05) is 0 Å². The molecule has 0 saturated heterocycles. The Morgan fingerprint density at radius 3 is 2.18 bits per heavy atom. The van der Waals surface area contributed by atoms with Crippen molar-refractivity contribution in [3.63, 3.8) is 0 Å². The number of carbonyl (C=O) groups is 2. The largest absolute Gasteiger partial charge is 0.300 e. The van der Waals surface area contributed by atoms with Crippen LogP contribution in [-0.2, 0) is 9.59 Å². The van der Waals surface area contributed by atoms with Crippen molar-refractivity contribution in [3.8, 4) is 0 Å². The smallest absolute Gasteiger partial charge is 0.136 e. The van der Waals surface area contributed by atoms with Crippen LogP contribution in [0.2, 0.25) is 0 Å². The van der Waals surface area contributed by atoms with Crippen molar-refractivity contribution >= 4 is 11.6 Å². The highest BCUT2D eigenvalue weighted by Crippen LogP contribution is 2.46. The average Bonchev–Trinajstić information content (AvgIpc) is 2.30. The lowest BCUT2D eigenvalue weighted by molar-refractivity contribution is -0.131. The third-order valence-electron chi connectivity index (χ3n) is 5.05. The quantitative estimate of drug-likeness (QED) is 0.735. The van der Waals surface area contributed by atoms with Gasteiger partial charge in [0.05, 0.1) is 0 Å². The molecule has 0 radical (unpaired) electrons. The summed E-state index contributed by atoms with van der Waals surface area (Å²) in [5, 5.41) is 0. The fourth-order valence-electron chi connectivity index (χ4n) is 3.74. The molecule has 0 N–H and O–H groups in total. The van der Waals surface area contributed by atoms with Gasteiger partial charge in [0, 0.05) is 25.2 Å². The van der Waals surface area contributed by atoms with Gasteiger partial charge in [0.1, 0.15) is 11.6 Å². The van der Waals surface area contributed by atoms with E-state index < -0.39 is 0 Å². The third kappa shape index (κ3) is 2.61. The summed E-state index contributed by atoms with van der Waals surface area (Å²) in [6.45, 7) is 4.50. The van der Waals surface area contributed by atoms with Crippen LogP contribution in [0.4, 0.5) is 0 Å². The predicted molar refractivity (Wildman–Crippen MR) is 67.7 cm³/mol. The van der Waals surface area contributed by atoms with E-state index in [4.69, 9.17) is 0 Å². The molecular weight excluding hydrogens is 212 g/mol. The van der Waals surface area contributed by atoms with Gasteiger partial charge in [0.15, 0.2) is 0 Å². The first kappa shape index (κ1) is 12.8. The zero-order valence-electron chi connectivity index (χ0n) is 11.1. The van der Waals surface area contributed by atoms with Crippen LogP contribution in [0, 0.1) is 17.3 Å². The van der Waals surface area contributed by atoms with E-state index in [9.17, 15) is 9.59 Å². The van der Waals surface area contributed by atoms with E-state index in [2.05, 4.69) is 13.8 Å². The zero-order valence-corrected chi connectivity index (χ0v) is 11.1. The van der Waals surface area contributed by atoms with Crippen LogP contribution < -0.4 is 0 Å². The fraction of sp³-hybridized carbons (Fsp3) is 0.867. The molecule has 0 spiro atoms. The van der Waals surface area contributed by atoms with Crippen molar-refractivity contribution in [1.82, 2.24) is 0 Å². The van der Waals surface area contributed by atoms with Crippen LogP contribution in [0.3, 0.4) is 0 Å². The number of Topliss-reactive ketones (excluding diaryl/α,β-unsaturated/α-hetero) is 2. The van der Waals surface area contributed by atoms with Crippen molar-refractivity contribution in [2.24, 2.45) is 17.3 Å². The summed E-state index contributed by atoms with van der Waals surface area (Å²) in [5.74, 6) is 1.69. The lowest BCUT2D eigenvalue weighted by atomic mass is 9.60. The molecule has 2 nitrogen and oxygen atoms in total. The molecule has 0 aromatic rings. The van der Waals surface area contributed by atoms with Gasteiger partial charge in [-0.1, -0.05) is 20.3 Å². The molecular formula is C15H24O2. The Kier molecular flexibility index (Phi) is 3.70. The van der Waals surface area contributed by atoms with Crippen LogP contribution >= 0.6 is 0 Å². The minimum atomic E-state index is 0.0954. The summed E-state index contributed by atoms with van der Waals surface area (Å²) in [6.07, 6.45) is 7.57. The van der Waals surface area contributed by atoms with Gasteiger partial charge < -0.3 is 0 Å². The lowest BCUT2D eigenvalue weighted by Crippen LogP contribution is -2.40. The van der Waals surface area contributed by atoms with Gasteiger partial charge in [0.2, 0.25) is 0 Å². The molecule has 2 aliphatic carbocycles. The molecule has 2 aliphatic rings. The normalized spacial score (nSPS) is 28.5. The first-order chi connectivity index (χ1) is 8.01. The Balaban J connectivity index is 2.06. The van der Waals surface area contributed by atoms with E-state index in [0.29, 0.717) is 17.5 Å². The second kappa shape index (κ2) is 4.91. The fourth-order valence-corrected chi connectivity index (χ4v) is 3.74. The Labute approximate surface area is 104 Å². The predicted octanol–water partition coefficient (Wildman–Crippen LogP) is 3.53. The molecule has 17 heavy (non-hydrogen) atoms. The Hall–Kier alpha value is -0.660. The van der Waals surface area contributed by atoms with E-state index in [1.54, 1.807) is 0 Å². The maximum absolute atomic E-state index is 12.1. The molecule has 2 fully saturated rings. The molecule has 0 bridgehead atoms. The molecule has 2 heteroatoms. The average molecular weight is 236 g/mol. The highest BCUT2D eigenvalue weighted by atomic mass is 16.1. The summed E-state index contributed by atoms with van der Waals surface area (Å²) in [5.41, 5.74) is 0.0954. The molecule has 0 amide bonds. The van der Waals surface area contributed by atoms with Crippen LogP contribution in [-0.4, -0.2) is 11.6 Å². The third-order valence-corrected chi connectivity index (χ3v) is 5.05. The molecule has 0 heterocycles. The van der Waals surface area contributed by atoms with Gasteiger partial charge in [-0.25, -0.2) is 0 Å². The van der Waals surface area contributed by atoms with Crippen molar-refractivity contribution < 1.29 is 9.59 Å². The zero-order chi connectivity index (χ0) is 12.5. The molecule has 0 aromatic carbocycles. The van der Waals surface area contributed by atoms with Gasteiger partial charge in [-0.15, -0.1) is 0 Å². The van der Waals surface area contributed by atoms with Gasteiger partial charge >= 0.3 is 0 Å². The number of rotatable bonds is 2. The van der Waals surface area contributed by atoms with Crippen molar-refractivity contribution in [3.05, 3.63) is 0 Å². The second-order valence-corrected chi connectivity index (χ2v) is 6.40. The first-order valence-electron chi connectivity index (χ1n) is 7.06. The van der Waals surface area contributed by atoms with Crippen LogP contribution in [0.25, 0.3) is 0 Å². The number of hydrogen-bond acceptors (Lipinski definition) is 2. The standard InChI is InChI=1S/C15H24O2/c1-15(2,11-7-9-12(16)10-8-11)13-5-3-4-6-14(13)17/h11,13H,3-10H2,1-2H3. The number of hydrogen-bond donors (Lipinski definition) is 0. The van der Waals surface area contributed by atoms with Gasteiger partial charge in [0.25, 0.3) is 0 Å². The maximum Gasteiger partial charge on any atom is 0.136 e. The second-order valence-electron chi connectivity index (χ2n) is 6.40. The van der Waals surface area contributed by atoms with Gasteiger partial charge in [-0.3, -0.25) is 9.59 Å². The van der Waals surface area contributed by atoms with E-state index in [0.717, 1.165) is 44.9 Å². The molecule has 96 valence electrons. The highest BCUT2D eigenvalue weighted by Gasteiger charge is 2.42. The van der Waals surface area contributed by atoms with Gasteiger partial charge in [-0.05, 0) is 37.0 Å². The highest BCUT2D eigenvalue weighted by molar-refractivity contribution is 5.82. The molecule has 1 unspecified atom stereocenters. The molecule has 2 rings (SSSR count). The topological polar surface area (TPSA) is 34.1 Å². The van der Waals surface area contributed by atoms with Crippen molar-refractivity contribution in [2.45, 2.75) is 65.2 Å². The van der Waals surface area contributed by atoms with Crippen molar-refractivity contribution in [2.75, 3.05) is 0 Å². The van der Waals surface area contributed by atoms with E-state index >= 15 is 0 Å². The Morgan fingerprint density at radius 2 is 1.59 bits per heavy atom. The number of ketones is 2. The minimum absolute atomic E-state index is 0.0954. The first-order valence-corrected chi connectivity index (χ1v) is 7.06. The van der Waals surface area contributed by atoms with Crippen molar-refractivity contribution in [1.29, 1.82) is 0 Å². The van der Waals surface area contributed by atoms with Crippen LogP contribution in [0.5, 0.6) is 0 Å². The maximum atomic E-state index is 12.1. The van der Waals surface area contributed by atoms with Gasteiger partial charge in [-0.2, -0.15) is 0 Å². The monoisotopic (exact) mass is 236 g/mol. The Bertz CT molecular complexity index is 307. The minimum Gasteiger partial charge on any atom is -0.300 e.